The van der Waals surface area contributed by atoms with Crippen molar-refractivity contribution >= 4 is 11.9 Å². The van der Waals surface area contributed by atoms with Crippen LogP contribution in [0, 0.1) is 11.8 Å². The highest BCUT2D eigenvalue weighted by molar-refractivity contribution is 5.70. The summed E-state index contributed by atoms with van der Waals surface area (Å²) in [4.78, 5) is 33.7. The normalized spacial score (nSPS) is 14.8. The van der Waals surface area contributed by atoms with Gasteiger partial charge in [-0.3, -0.25) is 14.5 Å². The van der Waals surface area contributed by atoms with Gasteiger partial charge >= 0.3 is 11.9 Å². The van der Waals surface area contributed by atoms with Gasteiger partial charge in [-0.25, -0.2) is 0 Å². The lowest BCUT2D eigenvalue weighted by Crippen LogP contribution is -2.47. The van der Waals surface area contributed by atoms with E-state index in [1.807, 2.05) is 0 Å². The van der Waals surface area contributed by atoms with E-state index < -0.39 is 0 Å². The lowest BCUT2D eigenvalue weighted by atomic mass is 9.94. The Labute approximate surface area is 375 Å². The molecular formula is C53H105N3O4. The fourth-order valence-corrected chi connectivity index (χ4v) is 8.94. The van der Waals surface area contributed by atoms with Crippen LogP contribution in [0.25, 0.3) is 0 Å². The third-order valence-corrected chi connectivity index (χ3v) is 13.4. The number of ether oxygens (including phenoxy) is 2. The van der Waals surface area contributed by atoms with E-state index in [0.29, 0.717) is 51.0 Å². The van der Waals surface area contributed by atoms with Crippen LogP contribution in [0.1, 0.15) is 246 Å². The van der Waals surface area contributed by atoms with Crippen LogP contribution >= 0.6 is 0 Å². The van der Waals surface area contributed by atoms with Crippen LogP contribution in [0.3, 0.4) is 0 Å². The molecule has 0 bridgehead atoms. The first kappa shape index (κ1) is 56.8. The molecule has 0 aromatic carbocycles. The molecule has 0 amide bonds. The fraction of sp³-hybridized carbons (Fsp3) is 0.962. The van der Waals surface area contributed by atoms with Crippen LogP contribution in [-0.2, 0) is 19.1 Å². The van der Waals surface area contributed by atoms with E-state index in [9.17, 15) is 9.59 Å². The van der Waals surface area contributed by atoms with Gasteiger partial charge in [-0.1, -0.05) is 207 Å². The molecule has 0 spiro atoms. The van der Waals surface area contributed by atoms with E-state index in [1.165, 1.54) is 205 Å². The molecule has 60 heavy (non-hydrogen) atoms. The number of carbonyl (C=O) groups excluding carboxylic acids is 2. The van der Waals surface area contributed by atoms with Crippen molar-refractivity contribution in [3.8, 4) is 0 Å². The Morgan fingerprint density at radius 3 is 1.05 bits per heavy atom. The number of likely N-dealkylation sites (N-methyl/N-ethyl adjacent to an activating group) is 1. The van der Waals surface area contributed by atoms with E-state index >= 15 is 0 Å². The number of unbranched alkanes of at least 4 members (excludes halogenated alkanes) is 24. The minimum Gasteiger partial charge on any atom is -0.465 e. The van der Waals surface area contributed by atoms with Crippen LogP contribution in [0.4, 0.5) is 0 Å². The second-order valence-corrected chi connectivity index (χ2v) is 19.2. The average Bonchev–Trinajstić information content (AvgIpc) is 3.25. The Kier molecular flexibility index (Phi) is 40.8. The van der Waals surface area contributed by atoms with Crippen molar-refractivity contribution in [3.63, 3.8) is 0 Å². The summed E-state index contributed by atoms with van der Waals surface area (Å²) >= 11 is 0. The molecule has 356 valence electrons. The third kappa shape index (κ3) is 36.3. The molecule has 1 saturated heterocycles. The van der Waals surface area contributed by atoms with E-state index in [4.69, 9.17) is 9.47 Å². The first-order chi connectivity index (χ1) is 29.4. The molecule has 1 fully saturated rings. The highest BCUT2D eigenvalue weighted by Crippen LogP contribution is 2.22. The van der Waals surface area contributed by atoms with Crippen LogP contribution < -0.4 is 0 Å². The van der Waals surface area contributed by atoms with Gasteiger partial charge in [-0.2, -0.15) is 0 Å². The highest BCUT2D eigenvalue weighted by Gasteiger charge is 2.19. The van der Waals surface area contributed by atoms with Crippen LogP contribution in [0.15, 0.2) is 0 Å². The second kappa shape index (κ2) is 43.1. The van der Waals surface area contributed by atoms with E-state index in [-0.39, 0.29) is 11.9 Å². The largest absolute Gasteiger partial charge is 0.465 e. The minimum absolute atomic E-state index is 0.0791. The van der Waals surface area contributed by atoms with Gasteiger partial charge in [-0.15, -0.1) is 0 Å². The molecule has 1 aliphatic rings. The number of esters is 2. The lowest BCUT2D eigenvalue weighted by molar-refractivity contribution is -0.145. The maximum atomic E-state index is 13.2. The Balaban J connectivity index is 2.66. The van der Waals surface area contributed by atoms with Crippen molar-refractivity contribution in [2.45, 2.75) is 246 Å². The summed E-state index contributed by atoms with van der Waals surface area (Å²) in [6.45, 7) is 17.7. The molecule has 0 N–H and O–H groups in total. The van der Waals surface area contributed by atoms with Crippen molar-refractivity contribution in [2.24, 2.45) is 11.8 Å². The Bertz CT molecular complexity index is 866. The number of hydrogen-bond acceptors (Lipinski definition) is 7. The molecule has 0 aliphatic carbocycles. The summed E-state index contributed by atoms with van der Waals surface area (Å²) in [6, 6.07) is 0. The van der Waals surface area contributed by atoms with Gasteiger partial charge in [-0.05, 0) is 44.6 Å². The molecule has 0 aromatic rings. The van der Waals surface area contributed by atoms with E-state index in [2.05, 4.69) is 49.4 Å². The summed E-state index contributed by atoms with van der Waals surface area (Å²) in [5, 5.41) is 0. The summed E-state index contributed by atoms with van der Waals surface area (Å²) in [5.41, 5.74) is 0. The summed E-state index contributed by atoms with van der Waals surface area (Å²) < 4.78 is 12.0. The molecule has 2 unspecified atom stereocenters. The topological polar surface area (TPSA) is 62.3 Å². The van der Waals surface area contributed by atoms with Gasteiger partial charge in [0.2, 0.25) is 0 Å². The zero-order chi connectivity index (χ0) is 43.6. The summed E-state index contributed by atoms with van der Waals surface area (Å²) in [6.07, 6.45) is 42.5. The lowest BCUT2D eigenvalue weighted by Gasteiger charge is -2.34. The van der Waals surface area contributed by atoms with Crippen LogP contribution in [0.5, 0.6) is 0 Å². The quantitative estimate of drug-likeness (QED) is 0.0447. The predicted molar refractivity (Wildman–Crippen MR) is 259 cm³/mol. The van der Waals surface area contributed by atoms with Gasteiger partial charge < -0.3 is 19.3 Å². The zero-order valence-electron chi connectivity index (χ0n) is 41.2. The minimum atomic E-state index is -0.0791. The molecule has 7 heteroatoms. The molecule has 1 rings (SSSR count). The third-order valence-electron chi connectivity index (χ3n) is 13.4. The monoisotopic (exact) mass is 848 g/mol. The van der Waals surface area contributed by atoms with E-state index in [1.54, 1.807) is 0 Å². The maximum Gasteiger partial charge on any atom is 0.307 e. The average molecular weight is 848 g/mol. The van der Waals surface area contributed by atoms with Crippen LogP contribution in [-0.4, -0.2) is 99.3 Å². The van der Waals surface area contributed by atoms with Gasteiger partial charge in [0.15, 0.2) is 0 Å². The Morgan fingerprint density at radius 1 is 0.433 bits per heavy atom. The molecule has 0 saturated carbocycles. The maximum absolute atomic E-state index is 13.2. The molecule has 1 aliphatic heterocycles. The number of carbonyl (C=O) groups is 2. The molecule has 2 atom stereocenters. The molecule has 0 radical (unpaired) electrons. The van der Waals surface area contributed by atoms with Crippen molar-refractivity contribution in [1.82, 2.24) is 14.7 Å². The van der Waals surface area contributed by atoms with Gasteiger partial charge in [0.1, 0.15) is 0 Å². The number of nitrogens with zero attached hydrogens (tertiary/aromatic N) is 3. The second-order valence-electron chi connectivity index (χ2n) is 19.2. The van der Waals surface area contributed by atoms with E-state index in [0.717, 1.165) is 39.3 Å². The number of rotatable bonds is 45. The fourth-order valence-electron chi connectivity index (χ4n) is 8.94. The Hall–Kier alpha value is -1.18. The first-order valence-corrected chi connectivity index (χ1v) is 26.9. The summed E-state index contributed by atoms with van der Waals surface area (Å²) in [5.74, 6) is 0.793. The Morgan fingerprint density at radius 2 is 0.733 bits per heavy atom. The highest BCUT2D eigenvalue weighted by atomic mass is 16.5. The predicted octanol–water partition coefficient (Wildman–Crippen LogP) is 14.2. The van der Waals surface area contributed by atoms with Gasteiger partial charge in [0, 0.05) is 52.4 Å². The molecule has 7 nitrogen and oxygen atoms in total. The standard InChI is InChI=1S/C53H105N3O4/c1-6-10-14-18-22-24-28-32-36-50(34-30-26-20-16-12-8-3)48-59-52(57)38-40-55(46-47-56-44-42-54(5)43-45-56)41-39-53(58)60-49-51(35-31-27-21-17-13-9-4)37-33-29-25-23-19-15-11-7-2/h50-51H,6-49H2,1-5H3. The number of piperazine rings is 1. The molecular weight excluding hydrogens is 743 g/mol. The molecule has 0 aromatic heterocycles. The van der Waals surface area contributed by atoms with Crippen molar-refractivity contribution in [3.05, 3.63) is 0 Å². The smallest absolute Gasteiger partial charge is 0.307 e. The molecule has 1 heterocycles. The van der Waals surface area contributed by atoms with Gasteiger partial charge in [0.25, 0.3) is 0 Å². The van der Waals surface area contributed by atoms with Crippen molar-refractivity contribution < 1.29 is 19.1 Å². The SMILES string of the molecule is CCCCCCCCCCC(CCCCCCCC)COC(=O)CCN(CCC(=O)OCC(CCCCCCCC)CCCCCCCCCC)CCN1CCN(C)CC1. The first-order valence-electron chi connectivity index (χ1n) is 26.9. The zero-order valence-corrected chi connectivity index (χ0v) is 41.2. The van der Waals surface area contributed by atoms with Gasteiger partial charge in [0.05, 0.1) is 26.1 Å². The van der Waals surface area contributed by atoms with Crippen molar-refractivity contribution in [2.75, 3.05) is 72.6 Å². The van der Waals surface area contributed by atoms with Crippen molar-refractivity contribution in [1.29, 1.82) is 0 Å². The number of hydrogen-bond donors (Lipinski definition) is 0. The summed E-state index contributed by atoms with van der Waals surface area (Å²) in [7, 11) is 2.20. The van der Waals surface area contributed by atoms with Crippen LogP contribution in [0.2, 0.25) is 0 Å².